The van der Waals surface area contributed by atoms with Gasteiger partial charge in [-0.15, -0.1) is 11.3 Å². The van der Waals surface area contributed by atoms with Crippen LogP contribution in [0.1, 0.15) is 25.9 Å². The van der Waals surface area contributed by atoms with Crippen LogP contribution in [0.4, 0.5) is 13.2 Å². The molecule has 0 amide bonds. The third-order valence-electron chi connectivity index (χ3n) is 2.40. The number of halogens is 4. The predicted octanol–water partition coefficient (Wildman–Crippen LogP) is 4.10. The van der Waals surface area contributed by atoms with E-state index in [0.29, 0.717) is 21.9 Å². The molecule has 2 rings (SSSR count). The van der Waals surface area contributed by atoms with Crippen molar-refractivity contribution in [3.05, 3.63) is 50.4 Å². The second kappa shape index (κ2) is 5.41. The van der Waals surface area contributed by atoms with Gasteiger partial charge in [-0.3, -0.25) is 0 Å². The van der Waals surface area contributed by atoms with Crippen molar-refractivity contribution in [1.82, 2.24) is 4.98 Å². The first-order chi connectivity index (χ1) is 9.27. The first kappa shape index (κ1) is 14.8. The molecule has 0 unspecified atom stereocenters. The zero-order valence-electron chi connectivity index (χ0n) is 9.74. The topological polar surface area (TPSA) is 50.2 Å². The largest absolute Gasteiger partial charge is 0.477 e. The minimum Gasteiger partial charge on any atom is -0.477 e. The molecule has 0 aliphatic heterocycles. The molecule has 0 spiro atoms. The average Bonchev–Trinajstić information content (AvgIpc) is 2.76. The van der Waals surface area contributed by atoms with Crippen molar-refractivity contribution in [3.8, 4) is 0 Å². The van der Waals surface area contributed by atoms with Gasteiger partial charge in [0.05, 0.1) is 5.01 Å². The van der Waals surface area contributed by atoms with Crippen LogP contribution in [0.2, 0.25) is 5.02 Å². The molecular weight excluding hydrogens is 315 g/mol. The molecule has 0 aliphatic carbocycles. The average molecular weight is 322 g/mol. The van der Waals surface area contributed by atoms with Crippen molar-refractivity contribution in [1.29, 1.82) is 0 Å². The summed E-state index contributed by atoms with van der Waals surface area (Å²) in [5.74, 6) is -1.63. The highest BCUT2D eigenvalue weighted by atomic mass is 35.5. The molecule has 0 atom stereocenters. The fourth-order valence-corrected chi connectivity index (χ4v) is 2.64. The Morgan fingerprint density at radius 3 is 2.35 bits per heavy atom. The summed E-state index contributed by atoms with van der Waals surface area (Å²) >= 11 is 6.24. The van der Waals surface area contributed by atoms with Crippen LogP contribution >= 0.6 is 22.9 Å². The number of carboxylic acid groups (broad SMARTS) is 1. The van der Waals surface area contributed by atoms with E-state index in [2.05, 4.69) is 4.98 Å². The molecule has 1 aromatic heterocycles. The van der Waals surface area contributed by atoms with E-state index >= 15 is 0 Å². The Morgan fingerprint density at radius 2 is 1.90 bits per heavy atom. The number of carbonyl (C=O) groups is 1. The first-order valence-electron chi connectivity index (χ1n) is 5.32. The van der Waals surface area contributed by atoms with Crippen molar-refractivity contribution in [2.45, 2.75) is 12.6 Å². The Morgan fingerprint density at radius 1 is 1.30 bits per heavy atom. The van der Waals surface area contributed by atoms with Gasteiger partial charge < -0.3 is 5.11 Å². The van der Waals surface area contributed by atoms with Gasteiger partial charge in [0.2, 0.25) is 0 Å². The van der Waals surface area contributed by atoms with Crippen molar-refractivity contribution in [3.63, 3.8) is 0 Å². The molecule has 0 fully saturated rings. The van der Waals surface area contributed by atoms with Crippen molar-refractivity contribution in [2.24, 2.45) is 0 Å². The molecule has 0 saturated heterocycles. The summed E-state index contributed by atoms with van der Waals surface area (Å²) in [5, 5.41) is 9.40. The molecule has 1 aromatic carbocycles. The fourth-order valence-electron chi connectivity index (χ4n) is 1.55. The van der Waals surface area contributed by atoms with Crippen LogP contribution in [-0.2, 0) is 12.6 Å². The van der Waals surface area contributed by atoms with Crippen molar-refractivity contribution in [2.75, 3.05) is 0 Å². The van der Waals surface area contributed by atoms with Crippen LogP contribution in [0, 0.1) is 0 Å². The van der Waals surface area contributed by atoms with Crippen LogP contribution in [0.25, 0.3) is 0 Å². The van der Waals surface area contributed by atoms with E-state index < -0.39 is 22.7 Å². The molecule has 3 nitrogen and oxygen atoms in total. The zero-order chi connectivity index (χ0) is 14.9. The molecular formula is C12H7ClF3NO2S. The van der Waals surface area contributed by atoms with Crippen LogP contribution in [0.15, 0.2) is 24.3 Å². The molecule has 0 bridgehead atoms. The van der Waals surface area contributed by atoms with Gasteiger partial charge in [-0.1, -0.05) is 23.7 Å². The Labute approximate surface area is 120 Å². The molecule has 0 saturated carbocycles. The summed E-state index contributed by atoms with van der Waals surface area (Å²) in [4.78, 5) is 13.4. The van der Waals surface area contributed by atoms with Gasteiger partial charge in [0.25, 0.3) is 0 Å². The highest BCUT2D eigenvalue weighted by Crippen LogP contribution is 2.35. The molecule has 20 heavy (non-hydrogen) atoms. The summed E-state index contributed by atoms with van der Waals surface area (Å²) in [6.45, 7) is 0. The quantitative estimate of drug-likeness (QED) is 0.925. The van der Waals surface area contributed by atoms with Gasteiger partial charge in [0.15, 0.2) is 5.69 Å². The highest BCUT2D eigenvalue weighted by Gasteiger charge is 2.39. The predicted molar refractivity (Wildman–Crippen MR) is 68.3 cm³/mol. The van der Waals surface area contributed by atoms with E-state index in [0.717, 1.165) is 0 Å². The maximum atomic E-state index is 12.7. The van der Waals surface area contributed by atoms with E-state index in [9.17, 15) is 18.0 Å². The number of nitrogens with zero attached hydrogens (tertiary/aromatic N) is 1. The maximum Gasteiger partial charge on any atom is 0.435 e. The molecule has 8 heteroatoms. The van der Waals surface area contributed by atoms with E-state index in [-0.39, 0.29) is 11.4 Å². The first-order valence-corrected chi connectivity index (χ1v) is 6.51. The molecule has 0 radical (unpaired) electrons. The lowest BCUT2D eigenvalue weighted by molar-refractivity contribution is -0.141. The molecule has 2 aromatic rings. The molecule has 106 valence electrons. The van der Waals surface area contributed by atoms with Gasteiger partial charge in [0.1, 0.15) is 4.88 Å². The third-order valence-corrected chi connectivity index (χ3v) is 3.70. The second-order valence-corrected chi connectivity index (χ2v) is 5.41. The Kier molecular flexibility index (Phi) is 4.01. The van der Waals surface area contributed by atoms with Crippen LogP contribution in [0.5, 0.6) is 0 Å². The number of alkyl halides is 3. The number of thiazole rings is 1. The number of aromatic nitrogens is 1. The highest BCUT2D eigenvalue weighted by molar-refractivity contribution is 7.13. The summed E-state index contributed by atoms with van der Waals surface area (Å²) in [6.07, 6.45) is -4.65. The summed E-state index contributed by atoms with van der Waals surface area (Å²) in [7, 11) is 0. The number of benzene rings is 1. The van der Waals surface area contributed by atoms with Crippen LogP contribution < -0.4 is 0 Å². The Balaban J connectivity index is 2.34. The Hall–Kier alpha value is -1.60. The normalized spacial score (nSPS) is 11.6. The van der Waals surface area contributed by atoms with Gasteiger partial charge in [-0.2, -0.15) is 13.2 Å². The maximum absolute atomic E-state index is 12.7. The van der Waals surface area contributed by atoms with Crippen LogP contribution in [-0.4, -0.2) is 16.1 Å². The Bertz CT molecular complexity index is 637. The van der Waals surface area contributed by atoms with Crippen LogP contribution in [0.3, 0.4) is 0 Å². The lowest BCUT2D eigenvalue weighted by Gasteiger charge is -2.02. The standard InChI is InChI=1S/C12H7ClF3NO2S/c13-7-3-1-6(2-4-7)5-8-17-10(12(14,15)16)9(20-8)11(18)19/h1-4H,5H2,(H,18,19). The van der Waals surface area contributed by atoms with Gasteiger partial charge in [0, 0.05) is 11.4 Å². The number of rotatable bonds is 3. The number of aromatic carboxylic acids is 1. The van der Waals surface area contributed by atoms with E-state index in [1.165, 1.54) is 0 Å². The third kappa shape index (κ3) is 3.29. The zero-order valence-corrected chi connectivity index (χ0v) is 11.3. The number of carboxylic acids is 1. The minimum absolute atomic E-state index is 0.0945. The fraction of sp³-hybridized carbons (Fsp3) is 0.167. The van der Waals surface area contributed by atoms with Crippen molar-refractivity contribution < 1.29 is 23.1 Å². The summed E-state index contributed by atoms with van der Waals surface area (Å²) in [5.41, 5.74) is -0.646. The number of hydrogen-bond acceptors (Lipinski definition) is 3. The lowest BCUT2D eigenvalue weighted by Crippen LogP contribution is -2.11. The van der Waals surface area contributed by atoms with E-state index in [1.807, 2.05) is 0 Å². The smallest absolute Gasteiger partial charge is 0.435 e. The van der Waals surface area contributed by atoms with Gasteiger partial charge >= 0.3 is 12.1 Å². The second-order valence-electron chi connectivity index (χ2n) is 3.89. The van der Waals surface area contributed by atoms with Crippen molar-refractivity contribution >= 4 is 28.9 Å². The monoisotopic (exact) mass is 321 g/mol. The van der Waals surface area contributed by atoms with E-state index in [1.54, 1.807) is 24.3 Å². The molecule has 1 heterocycles. The van der Waals surface area contributed by atoms with Gasteiger partial charge in [-0.05, 0) is 17.7 Å². The lowest BCUT2D eigenvalue weighted by atomic mass is 10.2. The minimum atomic E-state index is -4.78. The summed E-state index contributed by atoms with van der Waals surface area (Å²) < 4.78 is 38.0. The van der Waals surface area contributed by atoms with Gasteiger partial charge in [-0.25, -0.2) is 9.78 Å². The number of hydrogen-bond donors (Lipinski definition) is 1. The summed E-state index contributed by atoms with van der Waals surface area (Å²) in [6, 6.07) is 6.51. The SMILES string of the molecule is O=C(O)c1sc(Cc2ccc(Cl)cc2)nc1C(F)(F)F. The van der Waals surface area contributed by atoms with E-state index in [4.69, 9.17) is 16.7 Å². The molecule has 0 aliphatic rings. The molecule has 1 N–H and O–H groups in total.